The Balaban J connectivity index is 2.42. The molecule has 0 saturated heterocycles. The van der Waals surface area contributed by atoms with E-state index in [1.165, 1.54) is 0 Å². The number of alkyl halides is 2. The Morgan fingerprint density at radius 3 is 2.67 bits per heavy atom. The summed E-state index contributed by atoms with van der Waals surface area (Å²) in [6.45, 7) is -0.145. The van der Waals surface area contributed by atoms with Crippen molar-refractivity contribution in [1.29, 1.82) is 0 Å². The van der Waals surface area contributed by atoms with E-state index < -0.39 is 13.0 Å². The summed E-state index contributed by atoms with van der Waals surface area (Å²) in [5.74, 6) is 0.686. The third kappa shape index (κ3) is 5.37. The number of nitrogens with one attached hydrogen (secondary N) is 1. The maximum atomic E-state index is 11.8. The van der Waals surface area contributed by atoms with Gasteiger partial charge in [-0.15, -0.1) is 0 Å². The van der Waals surface area contributed by atoms with Gasteiger partial charge in [-0.2, -0.15) is 15.0 Å². The van der Waals surface area contributed by atoms with Crippen molar-refractivity contribution in [3.63, 3.8) is 0 Å². The SMILES string of the molecule is CN(C)c1nc(Cl)nc(NCCOCC(F)F)n1. The second kappa shape index (κ2) is 7.22. The zero-order chi connectivity index (χ0) is 13.5. The summed E-state index contributed by atoms with van der Waals surface area (Å²) in [6.07, 6.45) is -2.46. The lowest BCUT2D eigenvalue weighted by Crippen LogP contribution is -2.17. The van der Waals surface area contributed by atoms with Crippen LogP contribution in [0.4, 0.5) is 20.7 Å². The molecular weight excluding hydrogens is 268 g/mol. The van der Waals surface area contributed by atoms with E-state index in [0.29, 0.717) is 12.5 Å². The van der Waals surface area contributed by atoms with E-state index in [1.54, 1.807) is 19.0 Å². The molecule has 0 bridgehead atoms. The van der Waals surface area contributed by atoms with Crippen LogP contribution in [0.3, 0.4) is 0 Å². The van der Waals surface area contributed by atoms with Crippen molar-refractivity contribution in [1.82, 2.24) is 15.0 Å². The second-order valence-corrected chi connectivity index (χ2v) is 3.85. The Bertz CT molecular complexity index is 380. The predicted molar refractivity (Wildman–Crippen MR) is 64.5 cm³/mol. The molecule has 0 saturated carbocycles. The van der Waals surface area contributed by atoms with Crippen molar-refractivity contribution in [3.05, 3.63) is 5.28 Å². The van der Waals surface area contributed by atoms with Crippen molar-refractivity contribution in [3.8, 4) is 0 Å². The first-order chi connectivity index (χ1) is 8.49. The monoisotopic (exact) mass is 281 g/mol. The summed E-state index contributed by atoms with van der Waals surface area (Å²) >= 11 is 5.72. The van der Waals surface area contributed by atoms with Gasteiger partial charge in [0, 0.05) is 20.6 Å². The quantitative estimate of drug-likeness (QED) is 0.760. The van der Waals surface area contributed by atoms with E-state index in [9.17, 15) is 8.78 Å². The van der Waals surface area contributed by atoms with Gasteiger partial charge in [-0.05, 0) is 11.6 Å². The van der Waals surface area contributed by atoms with Gasteiger partial charge in [-0.25, -0.2) is 8.78 Å². The van der Waals surface area contributed by atoms with Crippen molar-refractivity contribution in [2.24, 2.45) is 0 Å². The highest BCUT2D eigenvalue weighted by Crippen LogP contribution is 2.10. The minimum Gasteiger partial charge on any atom is -0.374 e. The van der Waals surface area contributed by atoms with Gasteiger partial charge in [-0.3, -0.25) is 0 Å². The predicted octanol–water partition coefficient (Wildman–Crippen LogP) is 1.28. The summed E-state index contributed by atoms with van der Waals surface area (Å²) < 4.78 is 28.3. The number of halogens is 3. The molecule has 0 unspecified atom stereocenters. The number of hydrogen-bond acceptors (Lipinski definition) is 6. The lowest BCUT2D eigenvalue weighted by molar-refractivity contribution is 0.0214. The molecule has 1 heterocycles. The molecule has 0 aliphatic heterocycles. The van der Waals surface area contributed by atoms with Crippen LogP contribution in [-0.2, 0) is 4.74 Å². The first-order valence-electron chi connectivity index (χ1n) is 5.17. The van der Waals surface area contributed by atoms with E-state index in [1.807, 2.05) is 0 Å². The molecule has 9 heteroatoms. The summed E-state index contributed by atoms with van der Waals surface area (Å²) in [7, 11) is 3.53. The summed E-state index contributed by atoms with van der Waals surface area (Å²) in [5, 5.41) is 2.87. The van der Waals surface area contributed by atoms with Crippen LogP contribution in [0.1, 0.15) is 0 Å². The Morgan fingerprint density at radius 1 is 1.33 bits per heavy atom. The lowest BCUT2D eigenvalue weighted by atomic mass is 10.6. The van der Waals surface area contributed by atoms with Gasteiger partial charge < -0.3 is 15.0 Å². The summed E-state index contributed by atoms with van der Waals surface area (Å²) in [5.41, 5.74) is 0. The highest BCUT2D eigenvalue weighted by molar-refractivity contribution is 6.28. The van der Waals surface area contributed by atoms with Crippen LogP contribution in [0, 0.1) is 0 Å². The number of nitrogens with zero attached hydrogens (tertiary/aromatic N) is 4. The standard InChI is InChI=1S/C9H14ClF2N5O/c1-17(2)9-15-7(10)14-8(16-9)13-3-4-18-5-6(11)12/h6H,3-5H2,1-2H3,(H,13,14,15,16). The van der Waals surface area contributed by atoms with Crippen molar-refractivity contribution >= 4 is 23.5 Å². The molecular formula is C9H14ClF2N5O. The molecule has 1 aromatic rings. The number of anilines is 2. The van der Waals surface area contributed by atoms with Crippen LogP contribution < -0.4 is 10.2 Å². The minimum absolute atomic E-state index is 0.0599. The molecule has 0 aliphatic rings. The largest absolute Gasteiger partial charge is 0.374 e. The molecule has 0 fully saturated rings. The van der Waals surface area contributed by atoms with E-state index >= 15 is 0 Å². The first-order valence-corrected chi connectivity index (χ1v) is 5.55. The van der Waals surface area contributed by atoms with Gasteiger partial charge >= 0.3 is 0 Å². The van der Waals surface area contributed by atoms with Crippen LogP contribution >= 0.6 is 11.6 Å². The van der Waals surface area contributed by atoms with Gasteiger partial charge in [0.05, 0.1) is 6.61 Å². The summed E-state index contributed by atoms with van der Waals surface area (Å²) in [6, 6.07) is 0. The van der Waals surface area contributed by atoms with Crippen molar-refractivity contribution in [2.45, 2.75) is 6.43 Å². The highest BCUT2D eigenvalue weighted by Gasteiger charge is 2.06. The highest BCUT2D eigenvalue weighted by atomic mass is 35.5. The Kier molecular flexibility index (Phi) is 5.93. The van der Waals surface area contributed by atoms with Gasteiger partial charge in [0.1, 0.15) is 6.61 Å². The lowest BCUT2D eigenvalue weighted by Gasteiger charge is -2.11. The minimum atomic E-state index is -2.46. The number of ether oxygens (including phenoxy) is 1. The fourth-order valence-electron chi connectivity index (χ4n) is 1.03. The molecule has 0 aliphatic carbocycles. The van der Waals surface area contributed by atoms with Gasteiger partial charge in [0.15, 0.2) is 0 Å². The number of rotatable bonds is 7. The van der Waals surface area contributed by atoms with Gasteiger partial charge in [0.25, 0.3) is 6.43 Å². The number of aromatic nitrogens is 3. The van der Waals surface area contributed by atoms with Crippen molar-refractivity contribution < 1.29 is 13.5 Å². The van der Waals surface area contributed by atoms with Crippen LogP contribution in [0.25, 0.3) is 0 Å². The Hall–Kier alpha value is -1.28. The van der Waals surface area contributed by atoms with Gasteiger partial charge in [-0.1, -0.05) is 0 Å². The molecule has 18 heavy (non-hydrogen) atoms. The maximum Gasteiger partial charge on any atom is 0.261 e. The normalized spacial score (nSPS) is 10.8. The van der Waals surface area contributed by atoms with Crippen LogP contribution in [0.2, 0.25) is 5.28 Å². The average molecular weight is 282 g/mol. The fourth-order valence-corrected chi connectivity index (χ4v) is 1.18. The fraction of sp³-hybridized carbons (Fsp3) is 0.667. The molecule has 6 nitrogen and oxygen atoms in total. The molecule has 0 radical (unpaired) electrons. The van der Waals surface area contributed by atoms with Crippen LogP contribution in [-0.4, -0.2) is 55.2 Å². The zero-order valence-electron chi connectivity index (χ0n) is 10.0. The molecule has 1 N–H and O–H groups in total. The number of hydrogen-bond donors (Lipinski definition) is 1. The maximum absolute atomic E-state index is 11.8. The molecule has 0 atom stereocenters. The molecule has 0 aromatic carbocycles. The Morgan fingerprint density at radius 2 is 2.06 bits per heavy atom. The third-order valence-electron chi connectivity index (χ3n) is 1.77. The smallest absolute Gasteiger partial charge is 0.261 e. The van der Waals surface area contributed by atoms with Crippen LogP contribution in [0.5, 0.6) is 0 Å². The topological polar surface area (TPSA) is 63.2 Å². The van der Waals surface area contributed by atoms with E-state index in [-0.39, 0.29) is 17.8 Å². The van der Waals surface area contributed by atoms with E-state index in [2.05, 4.69) is 20.3 Å². The molecule has 102 valence electrons. The molecule has 0 amide bonds. The average Bonchev–Trinajstić information content (AvgIpc) is 2.27. The van der Waals surface area contributed by atoms with Crippen molar-refractivity contribution in [2.75, 3.05) is 44.1 Å². The van der Waals surface area contributed by atoms with E-state index in [4.69, 9.17) is 16.3 Å². The second-order valence-electron chi connectivity index (χ2n) is 3.52. The van der Waals surface area contributed by atoms with E-state index in [0.717, 1.165) is 0 Å². The molecule has 1 rings (SSSR count). The third-order valence-corrected chi connectivity index (χ3v) is 1.94. The molecule has 1 aromatic heterocycles. The van der Waals surface area contributed by atoms with Crippen LogP contribution in [0.15, 0.2) is 0 Å². The first kappa shape index (κ1) is 14.8. The summed E-state index contributed by atoms with van der Waals surface area (Å²) in [4.78, 5) is 13.5. The Labute approximate surface area is 108 Å². The van der Waals surface area contributed by atoms with Gasteiger partial charge in [0.2, 0.25) is 17.2 Å². The molecule has 0 spiro atoms. The zero-order valence-corrected chi connectivity index (χ0v) is 10.8.